The van der Waals surface area contributed by atoms with Crippen molar-refractivity contribution in [2.75, 3.05) is 30.4 Å². The summed E-state index contributed by atoms with van der Waals surface area (Å²) in [5.41, 5.74) is -4.27. The maximum absolute atomic E-state index is 15.5. The predicted octanol–water partition coefficient (Wildman–Crippen LogP) is 3.82. The van der Waals surface area contributed by atoms with Crippen molar-refractivity contribution in [2.24, 2.45) is 7.05 Å². The molecule has 2 aromatic heterocycles. The number of amides is 1. The van der Waals surface area contributed by atoms with Crippen molar-refractivity contribution in [1.29, 1.82) is 0 Å². The van der Waals surface area contributed by atoms with Crippen LogP contribution in [0.5, 0.6) is 0 Å². The van der Waals surface area contributed by atoms with Crippen molar-refractivity contribution in [3.8, 4) is 11.1 Å². The summed E-state index contributed by atoms with van der Waals surface area (Å²) in [7, 11) is 3.22. The lowest BCUT2D eigenvalue weighted by Crippen LogP contribution is -2.55. The van der Waals surface area contributed by atoms with E-state index in [0.29, 0.717) is 19.3 Å². The number of pyridine rings is 2. The van der Waals surface area contributed by atoms with Gasteiger partial charge >= 0.3 is 6.18 Å². The Morgan fingerprint density at radius 1 is 1.00 bits per heavy atom. The zero-order valence-corrected chi connectivity index (χ0v) is 21.5. The molecule has 3 heterocycles. The number of nitrogens with one attached hydrogen (secondary N) is 2. The third-order valence-corrected chi connectivity index (χ3v) is 6.96. The predicted molar refractivity (Wildman–Crippen MR) is 136 cm³/mol. The lowest BCUT2D eigenvalue weighted by Gasteiger charge is -2.44. The standard InChI is InChI=1S/C26H26F5N5O3/c1-13-10-36(11-14(2)35(13)4)22-8-19(27)16(15-5-20(28)25(39)34(3)12-15)6-21(22)33-24(38)17-9-32-23(37)7-18(17)26(29,30)31/h5-9,12-14H,10-11H2,1-4H3,(H,32,37)(H,33,38). The van der Waals surface area contributed by atoms with Gasteiger partial charge in [-0.15, -0.1) is 0 Å². The van der Waals surface area contributed by atoms with E-state index in [2.05, 4.69) is 15.2 Å². The third-order valence-electron chi connectivity index (χ3n) is 6.96. The molecule has 2 unspecified atom stereocenters. The third kappa shape index (κ3) is 5.58. The maximum atomic E-state index is 15.5. The lowest BCUT2D eigenvalue weighted by atomic mass is 10.0. The van der Waals surface area contributed by atoms with Gasteiger partial charge in [0.05, 0.1) is 22.5 Å². The Bertz CT molecular complexity index is 1510. The Labute approximate surface area is 219 Å². The average molecular weight is 552 g/mol. The number of anilines is 2. The zero-order valence-electron chi connectivity index (χ0n) is 21.5. The molecule has 3 aromatic rings. The van der Waals surface area contributed by atoms with Crippen molar-refractivity contribution in [3.63, 3.8) is 0 Å². The van der Waals surface area contributed by atoms with E-state index in [1.54, 1.807) is 4.90 Å². The number of aromatic amines is 1. The van der Waals surface area contributed by atoms with Gasteiger partial charge < -0.3 is 19.8 Å². The molecule has 8 nitrogen and oxygen atoms in total. The fourth-order valence-corrected chi connectivity index (χ4v) is 4.65. The number of benzene rings is 1. The Kier molecular flexibility index (Phi) is 7.39. The molecule has 208 valence electrons. The van der Waals surface area contributed by atoms with Gasteiger partial charge in [0, 0.05) is 61.8 Å². The molecular formula is C26H26F5N5O3. The number of carbonyl (C=O) groups is 1. The first kappa shape index (κ1) is 28.0. The number of aromatic nitrogens is 2. The van der Waals surface area contributed by atoms with Crippen molar-refractivity contribution in [1.82, 2.24) is 14.5 Å². The van der Waals surface area contributed by atoms with Crippen LogP contribution in [0.25, 0.3) is 11.1 Å². The molecule has 13 heteroatoms. The molecule has 2 atom stereocenters. The molecular weight excluding hydrogens is 525 g/mol. The van der Waals surface area contributed by atoms with Crippen molar-refractivity contribution < 1.29 is 26.7 Å². The van der Waals surface area contributed by atoms with Gasteiger partial charge in [-0.1, -0.05) is 0 Å². The number of H-pyrrole nitrogens is 1. The summed E-state index contributed by atoms with van der Waals surface area (Å²) in [5.74, 6) is -3.12. The molecule has 1 aliphatic heterocycles. The molecule has 0 radical (unpaired) electrons. The summed E-state index contributed by atoms with van der Waals surface area (Å²) < 4.78 is 71.4. The molecule has 1 aliphatic rings. The van der Waals surface area contributed by atoms with Crippen molar-refractivity contribution >= 4 is 17.3 Å². The first-order chi connectivity index (χ1) is 18.2. The van der Waals surface area contributed by atoms with Crippen LogP contribution in [0, 0.1) is 11.6 Å². The Hall–Kier alpha value is -4.00. The summed E-state index contributed by atoms with van der Waals surface area (Å²) in [4.78, 5) is 42.5. The van der Waals surface area contributed by atoms with E-state index in [1.807, 2.05) is 20.9 Å². The van der Waals surface area contributed by atoms with Crippen LogP contribution in [0.3, 0.4) is 0 Å². The fourth-order valence-electron chi connectivity index (χ4n) is 4.65. The van der Waals surface area contributed by atoms with E-state index >= 15 is 4.39 Å². The van der Waals surface area contributed by atoms with Crippen LogP contribution in [-0.2, 0) is 13.2 Å². The minimum Gasteiger partial charge on any atom is -0.367 e. The summed E-state index contributed by atoms with van der Waals surface area (Å²) in [6.07, 6.45) is -3.13. The van der Waals surface area contributed by atoms with Gasteiger partial charge in [0.2, 0.25) is 5.56 Å². The number of likely N-dealkylation sites (N-methyl/N-ethyl adjacent to an activating group) is 1. The first-order valence-electron chi connectivity index (χ1n) is 12.0. The normalized spacial score (nSPS) is 18.3. The number of rotatable bonds is 4. The number of nitrogens with zero attached hydrogens (tertiary/aromatic N) is 3. The zero-order chi connectivity index (χ0) is 28.8. The van der Waals surface area contributed by atoms with Gasteiger partial charge in [0.1, 0.15) is 5.82 Å². The van der Waals surface area contributed by atoms with Gasteiger partial charge in [0.15, 0.2) is 5.82 Å². The van der Waals surface area contributed by atoms with Crippen LogP contribution in [0.4, 0.5) is 33.3 Å². The quantitative estimate of drug-likeness (QED) is 0.482. The van der Waals surface area contributed by atoms with Gasteiger partial charge in [0.25, 0.3) is 11.5 Å². The van der Waals surface area contributed by atoms with Crippen molar-refractivity contribution in [2.45, 2.75) is 32.1 Å². The number of aryl methyl sites for hydroxylation is 1. The smallest absolute Gasteiger partial charge is 0.367 e. The Morgan fingerprint density at radius 3 is 2.23 bits per heavy atom. The van der Waals surface area contributed by atoms with Gasteiger partial charge in [-0.05, 0) is 39.1 Å². The van der Waals surface area contributed by atoms with E-state index in [0.717, 1.165) is 16.7 Å². The molecule has 39 heavy (non-hydrogen) atoms. The Balaban J connectivity index is 1.86. The number of hydrogen-bond donors (Lipinski definition) is 2. The van der Waals surface area contributed by atoms with E-state index in [-0.39, 0.29) is 40.7 Å². The highest BCUT2D eigenvalue weighted by Crippen LogP contribution is 2.37. The minimum absolute atomic E-state index is 0.0192. The first-order valence-corrected chi connectivity index (χ1v) is 12.0. The SMILES string of the molecule is CC1CN(c2cc(F)c(-c3cc(F)c(=O)n(C)c3)cc2NC(=O)c2c[nH]c(=O)cc2C(F)(F)F)CC(C)N1C. The molecule has 0 spiro atoms. The average Bonchev–Trinajstić information content (AvgIpc) is 2.85. The second-order valence-electron chi connectivity index (χ2n) is 9.69. The second kappa shape index (κ2) is 10.3. The molecule has 1 saturated heterocycles. The van der Waals surface area contributed by atoms with Crippen LogP contribution in [-0.4, -0.2) is 52.6 Å². The van der Waals surface area contributed by atoms with Crippen LogP contribution in [0.2, 0.25) is 0 Å². The minimum atomic E-state index is -4.99. The number of piperazine rings is 1. The number of hydrogen-bond acceptors (Lipinski definition) is 5. The molecule has 1 fully saturated rings. The topological polar surface area (TPSA) is 90.4 Å². The molecule has 0 aliphatic carbocycles. The Morgan fingerprint density at radius 2 is 1.64 bits per heavy atom. The monoisotopic (exact) mass is 551 g/mol. The van der Waals surface area contributed by atoms with Gasteiger partial charge in [-0.2, -0.15) is 13.2 Å². The van der Waals surface area contributed by atoms with Gasteiger partial charge in [-0.25, -0.2) is 8.78 Å². The molecule has 0 bridgehead atoms. The highest BCUT2D eigenvalue weighted by molar-refractivity contribution is 6.07. The molecule has 1 amide bonds. The number of halogens is 5. The molecule has 0 saturated carbocycles. The van der Waals surface area contributed by atoms with Crippen molar-refractivity contribution in [3.05, 3.63) is 80.1 Å². The maximum Gasteiger partial charge on any atom is 0.417 e. The molecule has 2 N–H and O–H groups in total. The largest absolute Gasteiger partial charge is 0.417 e. The second-order valence-corrected chi connectivity index (χ2v) is 9.69. The molecule has 4 rings (SSSR count). The van der Waals surface area contributed by atoms with E-state index < -0.39 is 46.0 Å². The lowest BCUT2D eigenvalue weighted by molar-refractivity contribution is -0.138. The summed E-state index contributed by atoms with van der Waals surface area (Å²) in [5, 5.41) is 2.43. The highest BCUT2D eigenvalue weighted by Gasteiger charge is 2.36. The van der Waals surface area contributed by atoms with Crippen LogP contribution in [0.15, 0.2) is 46.2 Å². The fraction of sp³-hybridized carbons (Fsp3) is 0.346. The number of carbonyl (C=O) groups excluding carboxylic acids is 1. The van der Waals surface area contributed by atoms with Crippen LogP contribution in [0.1, 0.15) is 29.8 Å². The molecule has 1 aromatic carbocycles. The van der Waals surface area contributed by atoms with Crippen LogP contribution < -0.4 is 21.3 Å². The summed E-state index contributed by atoms with van der Waals surface area (Å²) >= 11 is 0. The highest BCUT2D eigenvalue weighted by atomic mass is 19.4. The van der Waals surface area contributed by atoms with E-state index in [4.69, 9.17) is 0 Å². The van der Waals surface area contributed by atoms with E-state index in [9.17, 15) is 31.9 Å². The number of alkyl halides is 3. The van der Waals surface area contributed by atoms with Gasteiger partial charge in [-0.3, -0.25) is 19.3 Å². The van der Waals surface area contributed by atoms with E-state index in [1.165, 1.54) is 19.3 Å². The summed E-state index contributed by atoms with van der Waals surface area (Å²) in [6.45, 7) is 4.75. The summed E-state index contributed by atoms with van der Waals surface area (Å²) in [6, 6.07) is 3.48. The van der Waals surface area contributed by atoms with Crippen LogP contribution >= 0.6 is 0 Å².